The molecule has 3 aromatic rings. The summed E-state index contributed by atoms with van der Waals surface area (Å²) in [7, 11) is 1.67. The Morgan fingerprint density at radius 2 is 2.24 bits per heavy atom. The maximum absolute atomic E-state index is 11.3. The zero-order valence-corrected chi connectivity index (χ0v) is 13.0. The number of carbonyl (C=O) groups is 1. The average molecular weight is 300 g/mol. The number of aryl methyl sites for hydroxylation is 2. The molecule has 4 nitrogen and oxygen atoms in total. The molecule has 0 atom stereocenters. The van der Waals surface area contributed by atoms with Gasteiger partial charge >= 0.3 is 0 Å². The standard InChI is InChI=1S/C16H16N2O2S/c1-4-14-15(11-5-6-13(20-3)10(2)7-11)18-12(9-19)8-17-16(18)21-14/h5-9H,4H2,1-3H3. The Kier molecular flexibility index (Phi) is 3.51. The van der Waals surface area contributed by atoms with E-state index in [1.54, 1.807) is 24.6 Å². The molecule has 0 aliphatic heterocycles. The molecule has 0 aliphatic carbocycles. The third kappa shape index (κ3) is 2.14. The topological polar surface area (TPSA) is 43.6 Å². The quantitative estimate of drug-likeness (QED) is 0.689. The van der Waals surface area contributed by atoms with Crippen LogP contribution in [-0.4, -0.2) is 22.8 Å². The van der Waals surface area contributed by atoms with Crippen molar-refractivity contribution in [1.82, 2.24) is 9.38 Å². The Morgan fingerprint density at radius 3 is 2.86 bits per heavy atom. The molecule has 21 heavy (non-hydrogen) atoms. The number of fused-ring (bicyclic) bond motifs is 1. The number of imidazole rings is 1. The summed E-state index contributed by atoms with van der Waals surface area (Å²) in [5, 5.41) is 0. The number of aldehydes is 1. The summed E-state index contributed by atoms with van der Waals surface area (Å²) in [4.78, 5) is 17.7. The van der Waals surface area contributed by atoms with Crippen molar-refractivity contribution < 1.29 is 9.53 Å². The summed E-state index contributed by atoms with van der Waals surface area (Å²) in [6.45, 7) is 4.14. The van der Waals surface area contributed by atoms with Crippen LogP contribution in [0, 0.1) is 6.92 Å². The minimum atomic E-state index is 0.587. The summed E-state index contributed by atoms with van der Waals surface area (Å²) in [6.07, 6.45) is 3.39. The predicted octanol–water partition coefficient (Wildman–Crippen LogP) is 3.75. The first-order valence-electron chi connectivity index (χ1n) is 6.78. The fourth-order valence-corrected chi connectivity index (χ4v) is 3.63. The van der Waals surface area contributed by atoms with Crippen molar-refractivity contribution in [1.29, 1.82) is 0 Å². The van der Waals surface area contributed by atoms with Crippen LogP contribution in [0.3, 0.4) is 0 Å². The Hall–Kier alpha value is -2.14. The van der Waals surface area contributed by atoms with E-state index >= 15 is 0 Å². The van der Waals surface area contributed by atoms with Gasteiger partial charge in [0.25, 0.3) is 0 Å². The molecule has 2 aromatic heterocycles. The summed E-state index contributed by atoms with van der Waals surface area (Å²) in [6, 6.07) is 6.08. The van der Waals surface area contributed by atoms with Gasteiger partial charge in [0.15, 0.2) is 11.2 Å². The van der Waals surface area contributed by atoms with Crippen LogP contribution in [0.1, 0.15) is 27.9 Å². The highest BCUT2D eigenvalue weighted by molar-refractivity contribution is 7.17. The number of rotatable bonds is 4. The van der Waals surface area contributed by atoms with E-state index in [0.29, 0.717) is 5.69 Å². The molecule has 1 aromatic carbocycles. The number of aromatic nitrogens is 2. The Bertz CT molecular complexity index is 817. The number of thiazole rings is 1. The monoisotopic (exact) mass is 300 g/mol. The van der Waals surface area contributed by atoms with E-state index in [9.17, 15) is 4.79 Å². The molecule has 0 unspecified atom stereocenters. The second-order valence-corrected chi connectivity index (χ2v) is 5.89. The summed E-state index contributed by atoms with van der Waals surface area (Å²) in [5.74, 6) is 0.865. The summed E-state index contributed by atoms with van der Waals surface area (Å²) >= 11 is 1.63. The number of ether oxygens (including phenoxy) is 1. The first kappa shape index (κ1) is 13.8. The van der Waals surface area contributed by atoms with Crippen molar-refractivity contribution in [2.24, 2.45) is 0 Å². The fraction of sp³-hybridized carbons (Fsp3) is 0.250. The van der Waals surface area contributed by atoms with E-state index in [4.69, 9.17) is 4.74 Å². The Labute approximate surface area is 127 Å². The van der Waals surface area contributed by atoms with E-state index in [-0.39, 0.29) is 0 Å². The van der Waals surface area contributed by atoms with Gasteiger partial charge in [-0.3, -0.25) is 9.20 Å². The molecule has 0 radical (unpaired) electrons. The minimum Gasteiger partial charge on any atom is -0.496 e. The fourth-order valence-electron chi connectivity index (χ4n) is 2.57. The molecule has 0 amide bonds. The van der Waals surface area contributed by atoms with Gasteiger partial charge in [-0.2, -0.15) is 0 Å². The van der Waals surface area contributed by atoms with Gasteiger partial charge in [-0.15, -0.1) is 11.3 Å². The first-order valence-corrected chi connectivity index (χ1v) is 7.60. The lowest BCUT2D eigenvalue weighted by atomic mass is 10.1. The third-order valence-corrected chi connectivity index (χ3v) is 4.77. The lowest BCUT2D eigenvalue weighted by Gasteiger charge is -2.09. The van der Waals surface area contributed by atoms with Gasteiger partial charge in [0.2, 0.25) is 0 Å². The zero-order chi connectivity index (χ0) is 15.0. The van der Waals surface area contributed by atoms with Crippen LogP contribution in [-0.2, 0) is 6.42 Å². The zero-order valence-electron chi connectivity index (χ0n) is 12.2. The molecule has 3 rings (SSSR count). The first-order chi connectivity index (χ1) is 10.2. The smallest absolute Gasteiger partial charge is 0.194 e. The van der Waals surface area contributed by atoms with Crippen molar-refractivity contribution in [3.05, 3.63) is 40.5 Å². The Balaban J connectivity index is 2.29. The van der Waals surface area contributed by atoms with Crippen LogP contribution < -0.4 is 4.74 Å². The minimum absolute atomic E-state index is 0.587. The van der Waals surface area contributed by atoms with E-state index in [0.717, 1.165) is 40.2 Å². The highest BCUT2D eigenvalue weighted by Gasteiger charge is 2.17. The summed E-state index contributed by atoms with van der Waals surface area (Å²) in [5.41, 5.74) is 3.80. The highest BCUT2D eigenvalue weighted by Crippen LogP contribution is 2.34. The van der Waals surface area contributed by atoms with Crippen molar-refractivity contribution in [2.75, 3.05) is 7.11 Å². The van der Waals surface area contributed by atoms with Crippen LogP contribution in [0.15, 0.2) is 24.4 Å². The van der Waals surface area contributed by atoms with Gasteiger partial charge in [0, 0.05) is 10.4 Å². The second-order valence-electron chi connectivity index (χ2n) is 4.83. The molecule has 2 heterocycles. The Morgan fingerprint density at radius 1 is 1.43 bits per heavy atom. The van der Waals surface area contributed by atoms with E-state index in [2.05, 4.69) is 18.0 Å². The number of nitrogens with zero attached hydrogens (tertiary/aromatic N) is 2. The van der Waals surface area contributed by atoms with Crippen LogP contribution in [0.5, 0.6) is 5.75 Å². The molecule has 0 spiro atoms. The lowest BCUT2D eigenvalue weighted by Crippen LogP contribution is -1.95. The molecule has 0 saturated heterocycles. The van der Waals surface area contributed by atoms with Gasteiger partial charge in [-0.05, 0) is 37.1 Å². The molecule has 0 N–H and O–H groups in total. The van der Waals surface area contributed by atoms with Gasteiger partial charge in [0.1, 0.15) is 11.4 Å². The molecular weight excluding hydrogens is 284 g/mol. The molecule has 0 fully saturated rings. The van der Waals surface area contributed by atoms with Crippen molar-refractivity contribution in [2.45, 2.75) is 20.3 Å². The predicted molar refractivity (Wildman–Crippen MR) is 84.6 cm³/mol. The van der Waals surface area contributed by atoms with Crippen LogP contribution in [0.25, 0.3) is 16.2 Å². The molecule has 0 saturated carbocycles. The molecule has 0 bridgehead atoms. The summed E-state index contributed by atoms with van der Waals surface area (Å²) < 4.78 is 7.26. The lowest BCUT2D eigenvalue weighted by molar-refractivity contribution is 0.111. The van der Waals surface area contributed by atoms with Gasteiger partial charge < -0.3 is 4.74 Å². The van der Waals surface area contributed by atoms with Crippen molar-refractivity contribution >= 4 is 22.6 Å². The number of hydrogen-bond donors (Lipinski definition) is 0. The number of benzene rings is 1. The van der Waals surface area contributed by atoms with Gasteiger partial charge in [-0.25, -0.2) is 4.98 Å². The molecule has 5 heteroatoms. The molecule has 0 aliphatic rings. The van der Waals surface area contributed by atoms with Crippen molar-refractivity contribution in [3.8, 4) is 17.0 Å². The highest BCUT2D eigenvalue weighted by atomic mass is 32.1. The second kappa shape index (κ2) is 5.33. The van der Waals surface area contributed by atoms with Crippen LogP contribution in [0.2, 0.25) is 0 Å². The number of carbonyl (C=O) groups excluding carboxylic acids is 1. The van der Waals surface area contributed by atoms with E-state index in [1.807, 2.05) is 23.5 Å². The third-order valence-electron chi connectivity index (χ3n) is 3.57. The van der Waals surface area contributed by atoms with Gasteiger partial charge in [0.05, 0.1) is 19.0 Å². The SMILES string of the molecule is CCc1sc2ncc(C=O)n2c1-c1ccc(OC)c(C)c1. The largest absolute Gasteiger partial charge is 0.496 e. The van der Waals surface area contributed by atoms with Crippen molar-refractivity contribution in [3.63, 3.8) is 0 Å². The average Bonchev–Trinajstić information content (AvgIpc) is 3.04. The van der Waals surface area contributed by atoms with Crippen LogP contribution >= 0.6 is 11.3 Å². The van der Waals surface area contributed by atoms with E-state index < -0.39 is 0 Å². The van der Waals surface area contributed by atoms with Gasteiger partial charge in [-0.1, -0.05) is 6.92 Å². The maximum Gasteiger partial charge on any atom is 0.194 e. The van der Waals surface area contributed by atoms with Crippen LogP contribution in [0.4, 0.5) is 0 Å². The normalized spacial score (nSPS) is 11.0. The maximum atomic E-state index is 11.3. The molecule has 108 valence electrons. The van der Waals surface area contributed by atoms with E-state index in [1.165, 1.54) is 4.88 Å². The molecular formula is C16H16N2O2S. The number of hydrogen-bond acceptors (Lipinski definition) is 4. The number of methoxy groups -OCH3 is 1.